The third-order valence-electron chi connectivity index (χ3n) is 3.46. The number of nitrogens with zero attached hydrogens (tertiary/aromatic N) is 3. The molecule has 1 aliphatic heterocycles. The van der Waals surface area contributed by atoms with Crippen molar-refractivity contribution < 1.29 is 4.39 Å². The van der Waals surface area contributed by atoms with E-state index in [4.69, 9.17) is 11.6 Å². The lowest BCUT2D eigenvalue weighted by atomic mass is 10.1. The van der Waals surface area contributed by atoms with Crippen LogP contribution in [-0.4, -0.2) is 23.1 Å². The fourth-order valence-corrected chi connectivity index (χ4v) is 2.59. The van der Waals surface area contributed by atoms with Crippen LogP contribution in [0.25, 0.3) is 11.3 Å². The molecule has 1 aliphatic rings. The molecule has 0 N–H and O–H groups in total. The molecule has 1 fully saturated rings. The molecule has 2 heterocycles. The quantitative estimate of drug-likeness (QED) is 0.785. The van der Waals surface area contributed by atoms with Crippen molar-refractivity contribution in [2.45, 2.75) is 19.3 Å². The molecule has 0 atom stereocenters. The Kier molecular flexibility index (Phi) is 3.83. The molecule has 0 saturated carbocycles. The predicted molar refractivity (Wildman–Crippen MR) is 78.5 cm³/mol. The van der Waals surface area contributed by atoms with Crippen molar-refractivity contribution in [2.24, 2.45) is 0 Å². The number of halogens is 2. The Morgan fingerprint density at radius 2 is 1.70 bits per heavy atom. The van der Waals surface area contributed by atoms with Gasteiger partial charge in [-0.05, 0) is 43.5 Å². The smallest absolute Gasteiger partial charge is 0.227 e. The van der Waals surface area contributed by atoms with Crippen LogP contribution in [0, 0.1) is 5.82 Å². The van der Waals surface area contributed by atoms with Gasteiger partial charge in [0.2, 0.25) is 5.95 Å². The number of anilines is 1. The van der Waals surface area contributed by atoms with Gasteiger partial charge < -0.3 is 4.90 Å². The normalized spacial score (nSPS) is 15.4. The van der Waals surface area contributed by atoms with Crippen molar-refractivity contribution in [1.82, 2.24) is 9.97 Å². The van der Waals surface area contributed by atoms with Crippen molar-refractivity contribution in [1.29, 1.82) is 0 Å². The van der Waals surface area contributed by atoms with Crippen molar-refractivity contribution in [2.75, 3.05) is 18.0 Å². The Balaban J connectivity index is 1.95. The summed E-state index contributed by atoms with van der Waals surface area (Å²) < 4.78 is 13.0. The van der Waals surface area contributed by atoms with Gasteiger partial charge in [-0.3, -0.25) is 0 Å². The van der Waals surface area contributed by atoms with Crippen LogP contribution in [-0.2, 0) is 0 Å². The predicted octanol–water partition coefficient (Wildman–Crippen LogP) is 3.93. The van der Waals surface area contributed by atoms with E-state index >= 15 is 0 Å². The Bertz CT molecular complexity index is 595. The third kappa shape index (κ3) is 2.90. The maximum Gasteiger partial charge on any atom is 0.227 e. The van der Waals surface area contributed by atoms with Gasteiger partial charge in [-0.1, -0.05) is 11.6 Å². The van der Waals surface area contributed by atoms with Gasteiger partial charge in [0, 0.05) is 24.7 Å². The Hall–Kier alpha value is -1.68. The monoisotopic (exact) mass is 291 g/mol. The van der Waals surface area contributed by atoms with Gasteiger partial charge in [0.1, 0.15) is 11.0 Å². The minimum absolute atomic E-state index is 0.259. The van der Waals surface area contributed by atoms with E-state index in [1.807, 2.05) is 0 Å². The Labute approximate surface area is 122 Å². The van der Waals surface area contributed by atoms with Crippen molar-refractivity contribution in [3.8, 4) is 11.3 Å². The van der Waals surface area contributed by atoms with Crippen LogP contribution in [0.2, 0.25) is 5.15 Å². The summed E-state index contributed by atoms with van der Waals surface area (Å²) in [7, 11) is 0. The van der Waals surface area contributed by atoms with Gasteiger partial charge in [-0.25, -0.2) is 14.4 Å². The van der Waals surface area contributed by atoms with E-state index in [0.717, 1.165) is 37.2 Å². The molecule has 2 aromatic rings. The molecule has 0 radical (unpaired) electrons. The van der Waals surface area contributed by atoms with Crippen molar-refractivity contribution >= 4 is 17.5 Å². The molecule has 0 aliphatic carbocycles. The fourth-order valence-electron chi connectivity index (χ4n) is 2.41. The fraction of sp³-hybridized carbons (Fsp3) is 0.333. The average Bonchev–Trinajstić information content (AvgIpc) is 2.48. The first-order chi connectivity index (χ1) is 9.72. The van der Waals surface area contributed by atoms with Crippen LogP contribution >= 0.6 is 11.6 Å². The highest BCUT2D eigenvalue weighted by Gasteiger charge is 2.15. The molecule has 0 unspecified atom stereocenters. The molecule has 3 nitrogen and oxygen atoms in total. The van der Waals surface area contributed by atoms with Crippen LogP contribution in [0.5, 0.6) is 0 Å². The molecule has 0 bridgehead atoms. The summed E-state index contributed by atoms with van der Waals surface area (Å²) in [6.07, 6.45) is 3.56. The van der Waals surface area contributed by atoms with E-state index in [2.05, 4.69) is 14.9 Å². The number of hydrogen-bond donors (Lipinski definition) is 0. The van der Waals surface area contributed by atoms with Gasteiger partial charge in [-0.2, -0.15) is 0 Å². The van der Waals surface area contributed by atoms with E-state index in [1.54, 1.807) is 18.2 Å². The standard InChI is InChI=1S/C15H15ClFN3/c16-14-10-13(11-4-6-12(17)7-5-11)18-15(19-14)20-8-2-1-3-9-20/h4-7,10H,1-3,8-9H2. The largest absolute Gasteiger partial charge is 0.341 e. The third-order valence-corrected chi connectivity index (χ3v) is 3.66. The zero-order valence-corrected chi connectivity index (χ0v) is 11.8. The van der Waals surface area contributed by atoms with Crippen LogP contribution in [0.15, 0.2) is 30.3 Å². The van der Waals surface area contributed by atoms with Crippen molar-refractivity contribution in [3.05, 3.63) is 41.3 Å². The number of hydrogen-bond acceptors (Lipinski definition) is 3. The van der Waals surface area contributed by atoms with Crippen LogP contribution < -0.4 is 4.90 Å². The summed E-state index contributed by atoms with van der Waals surface area (Å²) in [5, 5.41) is 0.417. The maximum atomic E-state index is 13.0. The van der Waals surface area contributed by atoms with Gasteiger partial charge in [0.15, 0.2) is 0 Å². The minimum atomic E-state index is -0.259. The molecule has 20 heavy (non-hydrogen) atoms. The molecule has 1 aromatic carbocycles. The topological polar surface area (TPSA) is 29.0 Å². The number of benzene rings is 1. The lowest BCUT2D eigenvalue weighted by Gasteiger charge is -2.26. The van der Waals surface area contributed by atoms with E-state index in [0.29, 0.717) is 11.1 Å². The molecular formula is C15H15ClFN3. The van der Waals surface area contributed by atoms with Gasteiger partial charge >= 0.3 is 0 Å². The summed E-state index contributed by atoms with van der Waals surface area (Å²) in [5.74, 6) is 0.404. The second-order valence-electron chi connectivity index (χ2n) is 4.93. The van der Waals surface area contributed by atoms with E-state index in [-0.39, 0.29) is 5.82 Å². The first kappa shape index (κ1) is 13.3. The van der Waals surface area contributed by atoms with Crippen LogP contribution in [0.4, 0.5) is 10.3 Å². The first-order valence-electron chi connectivity index (χ1n) is 6.78. The average molecular weight is 292 g/mol. The van der Waals surface area contributed by atoms with Crippen LogP contribution in [0.1, 0.15) is 19.3 Å². The molecular weight excluding hydrogens is 277 g/mol. The lowest BCUT2D eigenvalue weighted by Crippen LogP contribution is -2.31. The molecule has 1 aromatic heterocycles. The second kappa shape index (κ2) is 5.75. The van der Waals surface area contributed by atoms with Gasteiger partial charge in [-0.15, -0.1) is 0 Å². The number of piperidine rings is 1. The summed E-state index contributed by atoms with van der Waals surface area (Å²) in [6, 6.07) is 7.96. The van der Waals surface area contributed by atoms with Crippen LogP contribution in [0.3, 0.4) is 0 Å². The van der Waals surface area contributed by atoms with Gasteiger partial charge in [0.05, 0.1) is 5.69 Å². The molecule has 0 amide bonds. The highest BCUT2D eigenvalue weighted by molar-refractivity contribution is 6.29. The maximum absolute atomic E-state index is 13.0. The molecule has 104 valence electrons. The summed E-state index contributed by atoms with van der Waals surface area (Å²) in [4.78, 5) is 11.0. The Morgan fingerprint density at radius 1 is 1.00 bits per heavy atom. The zero-order valence-electron chi connectivity index (χ0n) is 11.0. The summed E-state index contributed by atoms with van der Waals surface area (Å²) in [6.45, 7) is 1.92. The molecule has 0 spiro atoms. The van der Waals surface area contributed by atoms with E-state index in [9.17, 15) is 4.39 Å². The molecule has 5 heteroatoms. The highest BCUT2D eigenvalue weighted by atomic mass is 35.5. The minimum Gasteiger partial charge on any atom is -0.341 e. The van der Waals surface area contributed by atoms with E-state index < -0.39 is 0 Å². The Morgan fingerprint density at radius 3 is 2.40 bits per heavy atom. The zero-order chi connectivity index (χ0) is 13.9. The second-order valence-corrected chi connectivity index (χ2v) is 5.32. The molecule has 1 saturated heterocycles. The lowest BCUT2D eigenvalue weighted by molar-refractivity contribution is 0.568. The first-order valence-corrected chi connectivity index (χ1v) is 7.16. The molecule has 3 rings (SSSR count). The SMILES string of the molecule is Fc1ccc(-c2cc(Cl)nc(N3CCCCC3)n2)cc1. The highest BCUT2D eigenvalue weighted by Crippen LogP contribution is 2.24. The number of rotatable bonds is 2. The van der Waals surface area contributed by atoms with Gasteiger partial charge in [0.25, 0.3) is 0 Å². The summed E-state index contributed by atoms with van der Waals surface area (Å²) >= 11 is 6.10. The number of aromatic nitrogens is 2. The summed E-state index contributed by atoms with van der Waals surface area (Å²) in [5.41, 5.74) is 1.57. The van der Waals surface area contributed by atoms with Crippen molar-refractivity contribution in [3.63, 3.8) is 0 Å². The van der Waals surface area contributed by atoms with E-state index in [1.165, 1.54) is 18.6 Å².